The normalized spacial score (nSPS) is 18.7. The Balaban J connectivity index is 2.44. The molecule has 1 aromatic heterocycles. The topological polar surface area (TPSA) is 4.93 Å². The van der Waals surface area contributed by atoms with Gasteiger partial charge < -0.3 is 4.57 Å². The summed E-state index contributed by atoms with van der Waals surface area (Å²) in [4.78, 5) is 0. The first-order chi connectivity index (χ1) is 7.61. The van der Waals surface area contributed by atoms with Crippen LogP contribution in [0.4, 0.5) is 0 Å². The molecule has 3 rings (SSSR count). The number of hydrogen-bond donors (Lipinski definition) is 0. The second-order valence-corrected chi connectivity index (χ2v) is 5.64. The molecule has 0 unspecified atom stereocenters. The largest absolute Gasteiger partial charge is 0.347 e. The summed E-state index contributed by atoms with van der Waals surface area (Å²) in [6, 6.07) is 8.82. The molecular weight excluding hydrogens is 194 g/mol. The van der Waals surface area contributed by atoms with Crippen molar-refractivity contribution in [2.24, 2.45) is 7.05 Å². The van der Waals surface area contributed by atoms with E-state index >= 15 is 0 Å². The fraction of sp³-hybridized carbons (Fsp3) is 0.467. The standard InChI is InChI=1S/C15H19N/c1-15(2)10-6-9-13-14(15)11-7-4-5-8-12(11)16(13)3/h4-5,7-8H,6,9-10H2,1-3H3. The third-order valence-corrected chi connectivity index (χ3v) is 4.12. The van der Waals surface area contributed by atoms with E-state index in [4.69, 9.17) is 0 Å². The molecule has 0 saturated carbocycles. The van der Waals surface area contributed by atoms with Crippen molar-refractivity contribution in [1.82, 2.24) is 4.57 Å². The highest BCUT2D eigenvalue weighted by Crippen LogP contribution is 2.42. The summed E-state index contributed by atoms with van der Waals surface area (Å²) in [5.74, 6) is 0. The first kappa shape index (κ1) is 9.95. The third-order valence-electron chi connectivity index (χ3n) is 4.12. The summed E-state index contributed by atoms with van der Waals surface area (Å²) in [5, 5.41) is 1.46. The van der Waals surface area contributed by atoms with Gasteiger partial charge in [0.25, 0.3) is 0 Å². The Kier molecular flexibility index (Phi) is 1.95. The number of nitrogens with zero attached hydrogens (tertiary/aromatic N) is 1. The lowest BCUT2D eigenvalue weighted by atomic mass is 9.74. The molecule has 0 bridgehead atoms. The van der Waals surface area contributed by atoms with Gasteiger partial charge in [-0.25, -0.2) is 0 Å². The van der Waals surface area contributed by atoms with Crippen LogP contribution in [0.5, 0.6) is 0 Å². The fourth-order valence-electron chi connectivity index (χ4n) is 3.32. The number of aryl methyl sites for hydroxylation is 1. The number of rotatable bonds is 0. The van der Waals surface area contributed by atoms with Crippen LogP contribution >= 0.6 is 0 Å². The molecule has 1 heteroatoms. The van der Waals surface area contributed by atoms with Crippen molar-refractivity contribution in [2.45, 2.75) is 38.5 Å². The summed E-state index contributed by atoms with van der Waals surface area (Å²) in [7, 11) is 2.21. The van der Waals surface area contributed by atoms with Gasteiger partial charge in [-0.15, -0.1) is 0 Å². The molecule has 0 aliphatic heterocycles. The van der Waals surface area contributed by atoms with Gasteiger partial charge in [-0.3, -0.25) is 0 Å². The van der Waals surface area contributed by atoms with Gasteiger partial charge in [-0.2, -0.15) is 0 Å². The maximum absolute atomic E-state index is 2.39. The van der Waals surface area contributed by atoms with Crippen molar-refractivity contribution >= 4 is 10.9 Å². The predicted molar refractivity (Wildman–Crippen MR) is 68.9 cm³/mol. The van der Waals surface area contributed by atoms with Gasteiger partial charge in [0, 0.05) is 23.6 Å². The molecular formula is C15H19N. The van der Waals surface area contributed by atoms with E-state index in [0.717, 1.165) is 0 Å². The second kappa shape index (κ2) is 3.13. The van der Waals surface area contributed by atoms with Gasteiger partial charge >= 0.3 is 0 Å². The molecule has 2 aromatic rings. The van der Waals surface area contributed by atoms with Crippen molar-refractivity contribution in [1.29, 1.82) is 0 Å². The van der Waals surface area contributed by atoms with Crippen molar-refractivity contribution in [2.75, 3.05) is 0 Å². The first-order valence-corrected chi connectivity index (χ1v) is 6.18. The van der Waals surface area contributed by atoms with Crippen molar-refractivity contribution in [3.05, 3.63) is 35.5 Å². The van der Waals surface area contributed by atoms with E-state index in [-0.39, 0.29) is 0 Å². The quantitative estimate of drug-likeness (QED) is 0.627. The molecule has 1 aromatic carbocycles. The minimum Gasteiger partial charge on any atom is -0.347 e. The van der Waals surface area contributed by atoms with Crippen LogP contribution in [0, 0.1) is 0 Å². The lowest BCUT2D eigenvalue weighted by molar-refractivity contribution is 0.428. The molecule has 1 aliphatic carbocycles. The van der Waals surface area contributed by atoms with Gasteiger partial charge in [0.1, 0.15) is 0 Å². The highest BCUT2D eigenvalue weighted by Gasteiger charge is 2.31. The molecule has 0 atom stereocenters. The third kappa shape index (κ3) is 1.17. The highest BCUT2D eigenvalue weighted by molar-refractivity contribution is 5.86. The van der Waals surface area contributed by atoms with Gasteiger partial charge in [0.2, 0.25) is 0 Å². The van der Waals surface area contributed by atoms with E-state index in [9.17, 15) is 0 Å². The van der Waals surface area contributed by atoms with Gasteiger partial charge in [0.05, 0.1) is 0 Å². The number of benzene rings is 1. The van der Waals surface area contributed by atoms with Gasteiger partial charge in [-0.1, -0.05) is 32.0 Å². The SMILES string of the molecule is Cn1c2c(c3ccccc31)C(C)(C)CCC2. The van der Waals surface area contributed by atoms with Gasteiger partial charge in [-0.05, 0) is 36.3 Å². The predicted octanol–water partition coefficient (Wildman–Crippen LogP) is 3.79. The fourth-order valence-corrected chi connectivity index (χ4v) is 3.32. The average molecular weight is 213 g/mol. The maximum atomic E-state index is 2.39. The molecule has 1 nitrogen and oxygen atoms in total. The molecule has 0 saturated heterocycles. The van der Waals surface area contributed by atoms with E-state index in [1.165, 1.54) is 30.2 Å². The smallest absolute Gasteiger partial charge is 0.0482 e. The lowest BCUT2D eigenvalue weighted by Crippen LogP contribution is -2.23. The summed E-state index contributed by atoms with van der Waals surface area (Å²) in [6.45, 7) is 4.77. The number of aromatic nitrogens is 1. The lowest BCUT2D eigenvalue weighted by Gasteiger charge is -2.31. The number of hydrogen-bond acceptors (Lipinski definition) is 0. The van der Waals surface area contributed by atoms with Crippen LogP contribution in [-0.4, -0.2) is 4.57 Å². The van der Waals surface area contributed by atoms with Crippen LogP contribution in [0.15, 0.2) is 24.3 Å². The van der Waals surface area contributed by atoms with Crippen LogP contribution < -0.4 is 0 Å². The van der Waals surface area contributed by atoms with Crippen LogP contribution in [0.3, 0.4) is 0 Å². The number of fused-ring (bicyclic) bond motifs is 3. The Bertz CT molecular complexity index is 546. The second-order valence-electron chi connectivity index (χ2n) is 5.64. The molecule has 0 spiro atoms. The Morgan fingerprint density at radius 2 is 1.94 bits per heavy atom. The minimum atomic E-state index is 0.342. The number of para-hydroxylation sites is 1. The average Bonchev–Trinajstić information content (AvgIpc) is 2.54. The highest BCUT2D eigenvalue weighted by atomic mass is 15.0. The van der Waals surface area contributed by atoms with Crippen LogP contribution in [0.25, 0.3) is 10.9 Å². The zero-order valence-electron chi connectivity index (χ0n) is 10.4. The Hall–Kier alpha value is -1.24. The van der Waals surface area contributed by atoms with Crippen molar-refractivity contribution < 1.29 is 0 Å². The van der Waals surface area contributed by atoms with E-state index in [0.29, 0.717) is 5.41 Å². The van der Waals surface area contributed by atoms with Crippen LogP contribution in [-0.2, 0) is 18.9 Å². The van der Waals surface area contributed by atoms with E-state index in [1.807, 2.05) is 0 Å². The molecule has 0 N–H and O–H groups in total. The summed E-state index contributed by atoms with van der Waals surface area (Å²) < 4.78 is 2.39. The molecule has 0 radical (unpaired) electrons. The molecule has 1 heterocycles. The molecule has 16 heavy (non-hydrogen) atoms. The Labute approximate surface area is 97.1 Å². The summed E-state index contributed by atoms with van der Waals surface area (Å²) in [5.41, 5.74) is 4.88. The van der Waals surface area contributed by atoms with Crippen LogP contribution in [0.1, 0.15) is 37.9 Å². The molecule has 84 valence electrons. The molecule has 1 aliphatic rings. The summed E-state index contributed by atoms with van der Waals surface area (Å²) in [6.07, 6.45) is 3.88. The van der Waals surface area contributed by atoms with E-state index < -0.39 is 0 Å². The van der Waals surface area contributed by atoms with Crippen LogP contribution in [0.2, 0.25) is 0 Å². The summed E-state index contributed by atoms with van der Waals surface area (Å²) >= 11 is 0. The maximum Gasteiger partial charge on any atom is 0.0482 e. The Morgan fingerprint density at radius 1 is 1.19 bits per heavy atom. The Morgan fingerprint density at radius 3 is 2.75 bits per heavy atom. The first-order valence-electron chi connectivity index (χ1n) is 6.18. The minimum absolute atomic E-state index is 0.342. The van der Waals surface area contributed by atoms with E-state index in [1.54, 1.807) is 11.3 Å². The molecule has 0 fully saturated rings. The zero-order chi connectivity index (χ0) is 11.3. The van der Waals surface area contributed by atoms with E-state index in [2.05, 4.69) is 49.7 Å². The van der Waals surface area contributed by atoms with Crippen molar-refractivity contribution in [3.63, 3.8) is 0 Å². The zero-order valence-corrected chi connectivity index (χ0v) is 10.4. The monoisotopic (exact) mass is 213 g/mol. The van der Waals surface area contributed by atoms with Gasteiger partial charge in [0.15, 0.2) is 0 Å². The van der Waals surface area contributed by atoms with Crippen molar-refractivity contribution in [3.8, 4) is 0 Å². The molecule has 0 amide bonds.